The Balaban J connectivity index is 2.32. The average Bonchev–Trinajstić information content (AvgIpc) is 2.51. The Labute approximate surface area is 101 Å². The lowest BCUT2D eigenvalue weighted by atomic mass is 10.1. The molecule has 2 atom stereocenters. The van der Waals surface area contributed by atoms with Gasteiger partial charge in [0.15, 0.2) is 0 Å². The molecule has 0 fully saturated rings. The summed E-state index contributed by atoms with van der Waals surface area (Å²) in [6, 6.07) is 3.29. The van der Waals surface area contributed by atoms with Gasteiger partial charge in [0.1, 0.15) is 12.5 Å². The second-order valence-electron chi connectivity index (χ2n) is 4.45. The summed E-state index contributed by atoms with van der Waals surface area (Å²) in [4.78, 5) is 1.65. The molecule has 1 aromatic carbocycles. The molecule has 2 unspecified atom stereocenters. The van der Waals surface area contributed by atoms with Crippen LogP contribution in [-0.4, -0.2) is 21.7 Å². The highest BCUT2D eigenvalue weighted by molar-refractivity contribution is 5.67. The summed E-state index contributed by atoms with van der Waals surface area (Å²) in [6.07, 6.45) is 0.341. The third-order valence-corrected chi connectivity index (χ3v) is 3.24. The molecule has 2 rings (SSSR count). The SMILES string of the molecule is CCCCN1C(O)c2cc(N)c(N)cc2C1O. The Morgan fingerprint density at radius 1 is 1.12 bits per heavy atom. The van der Waals surface area contributed by atoms with E-state index in [0.29, 0.717) is 29.0 Å². The smallest absolute Gasteiger partial charge is 0.136 e. The van der Waals surface area contributed by atoms with Gasteiger partial charge in [-0.3, -0.25) is 0 Å². The molecule has 0 spiro atoms. The number of rotatable bonds is 3. The van der Waals surface area contributed by atoms with Gasteiger partial charge in [-0.1, -0.05) is 13.3 Å². The monoisotopic (exact) mass is 237 g/mol. The van der Waals surface area contributed by atoms with Crippen molar-refractivity contribution >= 4 is 11.4 Å². The first-order valence-corrected chi connectivity index (χ1v) is 5.87. The van der Waals surface area contributed by atoms with E-state index in [4.69, 9.17) is 11.5 Å². The summed E-state index contributed by atoms with van der Waals surface area (Å²) in [6.45, 7) is 2.71. The highest BCUT2D eigenvalue weighted by Crippen LogP contribution is 2.41. The van der Waals surface area contributed by atoms with E-state index >= 15 is 0 Å². The summed E-state index contributed by atoms with van der Waals surface area (Å²) < 4.78 is 0. The molecule has 17 heavy (non-hydrogen) atoms. The number of unbranched alkanes of at least 4 members (excludes halogenated alkanes) is 1. The number of fused-ring (bicyclic) bond motifs is 1. The summed E-state index contributed by atoms with van der Waals surface area (Å²) in [5, 5.41) is 20.2. The summed E-state index contributed by atoms with van der Waals surface area (Å²) in [5.74, 6) is 0. The molecule has 0 amide bonds. The number of hydrogen-bond donors (Lipinski definition) is 4. The van der Waals surface area contributed by atoms with Gasteiger partial charge in [0, 0.05) is 17.7 Å². The normalized spacial score (nSPS) is 23.9. The molecule has 5 nitrogen and oxygen atoms in total. The molecule has 6 N–H and O–H groups in total. The molecular formula is C12H19N3O2. The standard InChI is InChI=1S/C12H19N3O2/c1-2-3-4-15-11(16)7-5-9(13)10(14)6-8(7)12(15)17/h5-6,11-12,16-17H,2-4,13-14H2,1H3. The molecule has 1 aromatic rings. The number of hydrogen-bond acceptors (Lipinski definition) is 5. The highest BCUT2D eigenvalue weighted by atomic mass is 16.3. The second-order valence-corrected chi connectivity index (χ2v) is 4.45. The van der Waals surface area contributed by atoms with Crippen molar-refractivity contribution in [3.63, 3.8) is 0 Å². The predicted octanol–water partition coefficient (Wildman–Crippen LogP) is 0.948. The quantitative estimate of drug-likeness (QED) is 0.587. The number of aliphatic hydroxyl groups is 2. The van der Waals surface area contributed by atoms with Crippen LogP contribution < -0.4 is 11.5 Å². The maximum Gasteiger partial charge on any atom is 0.136 e. The van der Waals surface area contributed by atoms with Crippen LogP contribution in [0.25, 0.3) is 0 Å². The van der Waals surface area contributed by atoms with Crippen molar-refractivity contribution in [2.45, 2.75) is 32.2 Å². The van der Waals surface area contributed by atoms with E-state index in [1.165, 1.54) is 0 Å². The van der Waals surface area contributed by atoms with Crippen molar-refractivity contribution in [1.29, 1.82) is 0 Å². The Hall–Kier alpha value is -1.30. The van der Waals surface area contributed by atoms with E-state index in [1.807, 2.05) is 0 Å². The molecule has 1 aliphatic rings. The van der Waals surface area contributed by atoms with E-state index in [2.05, 4.69) is 6.92 Å². The minimum atomic E-state index is -0.797. The number of nitrogens with zero attached hydrogens (tertiary/aromatic N) is 1. The van der Waals surface area contributed by atoms with E-state index in [9.17, 15) is 10.2 Å². The zero-order chi connectivity index (χ0) is 12.6. The molecule has 0 saturated carbocycles. The molecule has 0 saturated heterocycles. The third-order valence-electron chi connectivity index (χ3n) is 3.24. The molecule has 0 aliphatic carbocycles. The maximum absolute atomic E-state index is 10.1. The first kappa shape index (κ1) is 12.2. The topological polar surface area (TPSA) is 95.7 Å². The van der Waals surface area contributed by atoms with Crippen molar-refractivity contribution in [1.82, 2.24) is 4.90 Å². The molecule has 1 heterocycles. The number of aliphatic hydroxyl groups excluding tert-OH is 2. The van der Waals surface area contributed by atoms with Crippen LogP contribution in [-0.2, 0) is 0 Å². The zero-order valence-electron chi connectivity index (χ0n) is 9.93. The summed E-state index contributed by atoms with van der Waals surface area (Å²) >= 11 is 0. The fraction of sp³-hybridized carbons (Fsp3) is 0.500. The van der Waals surface area contributed by atoms with Crippen molar-refractivity contribution < 1.29 is 10.2 Å². The number of nitrogen functional groups attached to an aromatic ring is 2. The van der Waals surface area contributed by atoms with E-state index in [0.717, 1.165) is 12.8 Å². The second kappa shape index (κ2) is 4.52. The predicted molar refractivity (Wildman–Crippen MR) is 66.8 cm³/mol. The Morgan fingerprint density at radius 2 is 1.59 bits per heavy atom. The van der Waals surface area contributed by atoms with E-state index < -0.39 is 12.5 Å². The van der Waals surface area contributed by atoms with Crippen LogP contribution in [0.1, 0.15) is 43.3 Å². The molecule has 94 valence electrons. The average molecular weight is 237 g/mol. The van der Waals surface area contributed by atoms with Crippen LogP contribution in [0.4, 0.5) is 11.4 Å². The van der Waals surface area contributed by atoms with Crippen molar-refractivity contribution in [3.8, 4) is 0 Å². The van der Waals surface area contributed by atoms with Gasteiger partial charge in [0.05, 0.1) is 11.4 Å². The summed E-state index contributed by atoms with van der Waals surface area (Å²) in [7, 11) is 0. The molecule has 5 heteroatoms. The Kier molecular flexibility index (Phi) is 3.24. The van der Waals surface area contributed by atoms with E-state index in [-0.39, 0.29) is 0 Å². The molecule has 0 radical (unpaired) electrons. The molecule has 0 aromatic heterocycles. The fourth-order valence-corrected chi connectivity index (χ4v) is 2.19. The first-order valence-electron chi connectivity index (χ1n) is 5.87. The van der Waals surface area contributed by atoms with Crippen LogP contribution in [0.5, 0.6) is 0 Å². The fourth-order valence-electron chi connectivity index (χ4n) is 2.19. The Morgan fingerprint density at radius 3 is 2.00 bits per heavy atom. The lowest BCUT2D eigenvalue weighted by molar-refractivity contribution is -0.0846. The van der Waals surface area contributed by atoms with Crippen molar-refractivity contribution in [3.05, 3.63) is 23.3 Å². The zero-order valence-corrected chi connectivity index (χ0v) is 9.93. The highest BCUT2D eigenvalue weighted by Gasteiger charge is 2.36. The molecule has 1 aliphatic heterocycles. The van der Waals surface area contributed by atoms with Gasteiger partial charge in [-0.15, -0.1) is 0 Å². The number of nitrogens with two attached hydrogens (primary N) is 2. The van der Waals surface area contributed by atoms with Crippen LogP contribution in [0.3, 0.4) is 0 Å². The minimum Gasteiger partial charge on any atom is -0.397 e. The van der Waals surface area contributed by atoms with Gasteiger partial charge >= 0.3 is 0 Å². The van der Waals surface area contributed by atoms with Crippen LogP contribution in [0, 0.1) is 0 Å². The molecular weight excluding hydrogens is 218 g/mol. The number of anilines is 2. The largest absolute Gasteiger partial charge is 0.397 e. The van der Waals surface area contributed by atoms with Gasteiger partial charge < -0.3 is 21.7 Å². The maximum atomic E-state index is 10.1. The van der Waals surface area contributed by atoms with Gasteiger partial charge in [-0.05, 0) is 18.6 Å². The first-order chi connectivity index (χ1) is 8.06. The van der Waals surface area contributed by atoms with Gasteiger partial charge in [-0.25, -0.2) is 4.90 Å². The van der Waals surface area contributed by atoms with Crippen LogP contribution in [0.15, 0.2) is 12.1 Å². The van der Waals surface area contributed by atoms with Gasteiger partial charge in [0.25, 0.3) is 0 Å². The lowest BCUT2D eigenvalue weighted by Gasteiger charge is -2.23. The minimum absolute atomic E-state index is 0.437. The van der Waals surface area contributed by atoms with Crippen LogP contribution in [0.2, 0.25) is 0 Å². The van der Waals surface area contributed by atoms with E-state index in [1.54, 1.807) is 17.0 Å². The summed E-state index contributed by atoms with van der Waals surface area (Å²) in [5.41, 5.74) is 13.6. The third kappa shape index (κ3) is 1.97. The lowest BCUT2D eigenvalue weighted by Crippen LogP contribution is -2.27. The Bertz CT molecular complexity index is 387. The van der Waals surface area contributed by atoms with Crippen molar-refractivity contribution in [2.24, 2.45) is 0 Å². The van der Waals surface area contributed by atoms with Crippen LogP contribution >= 0.6 is 0 Å². The van der Waals surface area contributed by atoms with Gasteiger partial charge in [0.2, 0.25) is 0 Å². The van der Waals surface area contributed by atoms with Crippen molar-refractivity contribution in [2.75, 3.05) is 18.0 Å². The number of benzene rings is 1. The van der Waals surface area contributed by atoms with Gasteiger partial charge in [-0.2, -0.15) is 0 Å². The molecule has 0 bridgehead atoms.